The summed E-state index contributed by atoms with van der Waals surface area (Å²) in [4.78, 5) is 24.5. The summed E-state index contributed by atoms with van der Waals surface area (Å²) in [6.45, 7) is 2.71. The Morgan fingerprint density at radius 3 is 2.71 bits per heavy atom. The number of rotatable bonds is 6. The fourth-order valence-corrected chi connectivity index (χ4v) is 2.13. The van der Waals surface area contributed by atoms with Gasteiger partial charge in [0.2, 0.25) is 5.91 Å². The molecule has 0 aromatic heterocycles. The summed E-state index contributed by atoms with van der Waals surface area (Å²) in [6, 6.07) is -1.15. The van der Waals surface area contributed by atoms with Crippen LogP contribution in [-0.2, 0) is 9.59 Å². The molecule has 1 aliphatic heterocycles. The normalized spacial score (nSPS) is 22.4. The number of hydrogen-bond donors (Lipinski definition) is 3. The molecule has 98 valence electrons. The minimum atomic E-state index is -1.15. The SMILES string of the molecule is CNC(C(=O)O)C(=O)NCCC1CCN(C)C1. The largest absolute Gasteiger partial charge is 0.480 e. The lowest BCUT2D eigenvalue weighted by atomic mass is 10.1. The maximum atomic E-state index is 11.5. The van der Waals surface area contributed by atoms with Crippen molar-refractivity contribution in [2.75, 3.05) is 33.7 Å². The number of nitrogens with one attached hydrogen (secondary N) is 2. The number of hydrogen-bond acceptors (Lipinski definition) is 4. The van der Waals surface area contributed by atoms with Crippen molar-refractivity contribution in [1.82, 2.24) is 15.5 Å². The first kappa shape index (κ1) is 13.9. The topological polar surface area (TPSA) is 81.7 Å². The number of amides is 1. The van der Waals surface area contributed by atoms with E-state index in [1.54, 1.807) is 0 Å². The van der Waals surface area contributed by atoms with Gasteiger partial charge in [0.05, 0.1) is 0 Å². The molecule has 0 aromatic rings. The summed E-state index contributed by atoms with van der Waals surface area (Å²) in [5.41, 5.74) is 0. The minimum Gasteiger partial charge on any atom is -0.480 e. The van der Waals surface area contributed by atoms with E-state index < -0.39 is 17.9 Å². The summed E-state index contributed by atoms with van der Waals surface area (Å²) in [7, 11) is 3.55. The van der Waals surface area contributed by atoms with Gasteiger partial charge in [0, 0.05) is 13.1 Å². The molecular formula is C11H21N3O3. The van der Waals surface area contributed by atoms with Crippen LogP contribution in [0.4, 0.5) is 0 Å². The molecule has 0 aromatic carbocycles. The zero-order valence-electron chi connectivity index (χ0n) is 10.4. The van der Waals surface area contributed by atoms with Gasteiger partial charge in [-0.3, -0.25) is 10.1 Å². The molecule has 0 saturated carbocycles. The molecule has 2 atom stereocenters. The van der Waals surface area contributed by atoms with Crippen molar-refractivity contribution in [3.63, 3.8) is 0 Å². The molecule has 1 rings (SSSR count). The summed E-state index contributed by atoms with van der Waals surface area (Å²) >= 11 is 0. The Morgan fingerprint density at radius 1 is 1.53 bits per heavy atom. The summed E-state index contributed by atoms with van der Waals surface area (Å²) in [5, 5.41) is 13.9. The molecule has 2 unspecified atom stereocenters. The van der Waals surface area contributed by atoms with E-state index in [9.17, 15) is 9.59 Å². The van der Waals surface area contributed by atoms with E-state index >= 15 is 0 Å². The van der Waals surface area contributed by atoms with Crippen molar-refractivity contribution in [3.05, 3.63) is 0 Å². The molecule has 1 fully saturated rings. The third-order valence-electron chi connectivity index (χ3n) is 3.14. The van der Waals surface area contributed by atoms with E-state index in [2.05, 4.69) is 22.6 Å². The van der Waals surface area contributed by atoms with E-state index in [4.69, 9.17) is 5.11 Å². The van der Waals surface area contributed by atoms with Gasteiger partial charge >= 0.3 is 5.97 Å². The van der Waals surface area contributed by atoms with Gasteiger partial charge in [-0.15, -0.1) is 0 Å². The summed E-state index contributed by atoms with van der Waals surface area (Å²) in [6.07, 6.45) is 2.06. The van der Waals surface area contributed by atoms with E-state index in [0.717, 1.165) is 25.9 Å². The molecule has 0 aliphatic carbocycles. The lowest BCUT2D eigenvalue weighted by molar-refractivity contribution is -0.143. The number of nitrogens with zero attached hydrogens (tertiary/aromatic N) is 1. The zero-order valence-corrected chi connectivity index (χ0v) is 10.4. The van der Waals surface area contributed by atoms with Crippen LogP contribution in [0.25, 0.3) is 0 Å². The van der Waals surface area contributed by atoms with Gasteiger partial charge in [0.25, 0.3) is 0 Å². The first-order chi connectivity index (χ1) is 8.04. The van der Waals surface area contributed by atoms with Crippen molar-refractivity contribution in [3.8, 4) is 0 Å². The Morgan fingerprint density at radius 2 is 2.24 bits per heavy atom. The predicted octanol–water partition coefficient (Wildman–Crippen LogP) is -0.883. The van der Waals surface area contributed by atoms with Crippen LogP contribution in [-0.4, -0.2) is 61.7 Å². The van der Waals surface area contributed by atoms with Crippen molar-refractivity contribution in [2.45, 2.75) is 18.9 Å². The Hall–Kier alpha value is -1.14. The highest BCUT2D eigenvalue weighted by molar-refractivity contribution is 6.01. The zero-order chi connectivity index (χ0) is 12.8. The van der Waals surface area contributed by atoms with E-state index in [0.29, 0.717) is 12.5 Å². The second-order valence-electron chi connectivity index (χ2n) is 4.56. The molecule has 3 N–H and O–H groups in total. The number of carbonyl (C=O) groups excluding carboxylic acids is 1. The average molecular weight is 243 g/mol. The fourth-order valence-electron chi connectivity index (χ4n) is 2.13. The molecule has 6 heteroatoms. The quantitative estimate of drug-likeness (QED) is 0.528. The van der Waals surface area contributed by atoms with Gasteiger partial charge in [-0.1, -0.05) is 0 Å². The van der Waals surface area contributed by atoms with Crippen LogP contribution in [0.5, 0.6) is 0 Å². The van der Waals surface area contributed by atoms with Crippen molar-refractivity contribution in [2.24, 2.45) is 5.92 Å². The molecular weight excluding hydrogens is 222 g/mol. The highest BCUT2D eigenvalue weighted by atomic mass is 16.4. The standard InChI is InChI=1S/C11H21N3O3/c1-12-9(11(16)17)10(15)13-5-3-8-4-6-14(2)7-8/h8-9,12H,3-7H2,1-2H3,(H,13,15)(H,16,17). The van der Waals surface area contributed by atoms with Crippen LogP contribution in [0.15, 0.2) is 0 Å². The van der Waals surface area contributed by atoms with Crippen molar-refractivity contribution >= 4 is 11.9 Å². The van der Waals surface area contributed by atoms with E-state index in [1.165, 1.54) is 7.05 Å². The molecule has 1 heterocycles. The Labute approximate surface area is 101 Å². The second-order valence-corrected chi connectivity index (χ2v) is 4.56. The molecule has 6 nitrogen and oxygen atoms in total. The maximum absolute atomic E-state index is 11.5. The van der Waals surface area contributed by atoms with Gasteiger partial charge < -0.3 is 15.3 Å². The van der Waals surface area contributed by atoms with Crippen LogP contribution < -0.4 is 10.6 Å². The molecule has 1 aliphatic rings. The molecule has 17 heavy (non-hydrogen) atoms. The summed E-state index contributed by atoms with van der Waals surface area (Å²) < 4.78 is 0. The molecule has 1 amide bonds. The van der Waals surface area contributed by atoms with Gasteiger partial charge in [-0.25, -0.2) is 4.79 Å². The fraction of sp³-hybridized carbons (Fsp3) is 0.818. The minimum absolute atomic E-state index is 0.466. The Kier molecular flexibility index (Phi) is 5.37. The number of carboxylic acid groups (broad SMARTS) is 1. The molecule has 0 radical (unpaired) electrons. The highest BCUT2D eigenvalue weighted by Crippen LogP contribution is 2.16. The van der Waals surface area contributed by atoms with Crippen molar-refractivity contribution in [1.29, 1.82) is 0 Å². The number of likely N-dealkylation sites (N-methyl/N-ethyl adjacent to an activating group) is 1. The van der Waals surface area contributed by atoms with Gasteiger partial charge in [-0.2, -0.15) is 0 Å². The van der Waals surface area contributed by atoms with Gasteiger partial charge in [0.1, 0.15) is 0 Å². The first-order valence-electron chi connectivity index (χ1n) is 5.91. The molecule has 0 bridgehead atoms. The van der Waals surface area contributed by atoms with Crippen molar-refractivity contribution < 1.29 is 14.7 Å². The van der Waals surface area contributed by atoms with Gasteiger partial charge in [0.15, 0.2) is 6.04 Å². The van der Waals surface area contributed by atoms with Gasteiger partial charge in [-0.05, 0) is 39.4 Å². The third kappa shape index (κ3) is 4.32. The maximum Gasteiger partial charge on any atom is 0.330 e. The summed E-state index contributed by atoms with van der Waals surface area (Å²) in [5.74, 6) is -1.00. The Balaban J connectivity index is 2.21. The van der Waals surface area contributed by atoms with Crippen LogP contribution in [0.1, 0.15) is 12.8 Å². The Bertz CT molecular complexity index is 283. The smallest absolute Gasteiger partial charge is 0.330 e. The third-order valence-corrected chi connectivity index (χ3v) is 3.14. The molecule has 1 saturated heterocycles. The first-order valence-corrected chi connectivity index (χ1v) is 5.91. The molecule has 0 spiro atoms. The van der Waals surface area contributed by atoms with E-state index in [-0.39, 0.29) is 0 Å². The lowest BCUT2D eigenvalue weighted by Gasteiger charge is -2.14. The number of carboxylic acids is 1. The second kappa shape index (κ2) is 6.56. The number of aliphatic carboxylic acids is 1. The highest BCUT2D eigenvalue weighted by Gasteiger charge is 2.24. The lowest BCUT2D eigenvalue weighted by Crippen LogP contribution is -2.48. The van der Waals surface area contributed by atoms with Crippen LogP contribution in [0, 0.1) is 5.92 Å². The monoisotopic (exact) mass is 243 g/mol. The average Bonchev–Trinajstić information content (AvgIpc) is 2.64. The van der Waals surface area contributed by atoms with E-state index in [1.807, 2.05) is 0 Å². The number of carbonyl (C=O) groups is 2. The van der Waals surface area contributed by atoms with Crippen LogP contribution in [0.3, 0.4) is 0 Å². The predicted molar refractivity (Wildman–Crippen MR) is 63.7 cm³/mol. The van der Waals surface area contributed by atoms with Crippen LogP contribution >= 0.6 is 0 Å². The van der Waals surface area contributed by atoms with Crippen LogP contribution in [0.2, 0.25) is 0 Å². The number of likely N-dealkylation sites (tertiary alicyclic amines) is 1.